The normalized spacial score (nSPS) is 12.2. The molecule has 0 spiro atoms. The third-order valence-corrected chi connectivity index (χ3v) is 3.10. The molecule has 2 heterocycles. The zero-order chi connectivity index (χ0) is 11.6. The van der Waals surface area contributed by atoms with Crippen LogP contribution in [-0.2, 0) is 6.54 Å². The van der Waals surface area contributed by atoms with Crippen LogP contribution in [0.2, 0.25) is 0 Å². The number of thiophene rings is 1. The van der Waals surface area contributed by atoms with Gasteiger partial charge in [-0.15, -0.1) is 11.3 Å². The van der Waals surface area contributed by atoms with Gasteiger partial charge in [0.2, 0.25) is 0 Å². The van der Waals surface area contributed by atoms with Crippen molar-refractivity contribution in [3.8, 4) is 0 Å². The van der Waals surface area contributed by atoms with Gasteiger partial charge in [-0.2, -0.15) is 0 Å². The first-order valence-corrected chi connectivity index (χ1v) is 6.18. The molecule has 0 bridgehead atoms. The van der Waals surface area contributed by atoms with Gasteiger partial charge in [0.25, 0.3) is 0 Å². The van der Waals surface area contributed by atoms with E-state index in [1.165, 1.54) is 4.70 Å². The van der Waals surface area contributed by atoms with E-state index >= 15 is 0 Å². The van der Waals surface area contributed by atoms with Crippen molar-refractivity contribution >= 4 is 21.6 Å². The number of aromatic nitrogens is 1. The number of rotatable bonds is 4. The van der Waals surface area contributed by atoms with Crippen LogP contribution in [-0.4, -0.2) is 22.2 Å². The zero-order valence-corrected chi connectivity index (χ0v) is 10.3. The van der Waals surface area contributed by atoms with Crippen molar-refractivity contribution in [1.82, 2.24) is 10.3 Å². The van der Waals surface area contributed by atoms with E-state index in [0.717, 1.165) is 17.6 Å². The molecule has 0 atom stereocenters. The second kappa shape index (κ2) is 4.49. The number of hydrogen-bond acceptors (Lipinski definition) is 4. The molecular weight excluding hydrogens is 220 g/mol. The largest absolute Gasteiger partial charge is 0.389 e. The van der Waals surface area contributed by atoms with Gasteiger partial charge < -0.3 is 10.4 Å². The van der Waals surface area contributed by atoms with E-state index < -0.39 is 5.60 Å². The average molecular weight is 236 g/mol. The van der Waals surface area contributed by atoms with Gasteiger partial charge in [0.1, 0.15) is 0 Å². The number of hydrogen-bond donors (Lipinski definition) is 2. The fraction of sp³-hybridized carbons (Fsp3) is 0.417. The van der Waals surface area contributed by atoms with Crippen LogP contribution in [0.4, 0.5) is 0 Å². The van der Waals surface area contributed by atoms with Crippen molar-refractivity contribution in [2.24, 2.45) is 0 Å². The minimum absolute atomic E-state index is 0.579. The van der Waals surface area contributed by atoms with Crippen LogP contribution >= 0.6 is 11.3 Å². The summed E-state index contributed by atoms with van der Waals surface area (Å²) in [5.74, 6) is 0. The molecule has 2 N–H and O–H groups in total. The SMILES string of the molecule is CC(C)(O)CNCc1cnc2ccsc2c1. The average Bonchev–Trinajstić information content (AvgIpc) is 2.62. The van der Waals surface area contributed by atoms with E-state index in [9.17, 15) is 5.11 Å². The molecule has 3 nitrogen and oxygen atoms in total. The Balaban J connectivity index is 1.99. The molecule has 0 saturated carbocycles. The molecule has 0 aromatic carbocycles. The number of nitrogens with zero attached hydrogens (tertiary/aromatic N) is 1. The Kier molecular flexibility index (Phi) is 3.23. The van der Waals surface area contributed by atoms with Gasteiger partial charge in [0, 0.05) is 19.3 Å². The van der Waals surface area contributed by atoms with E-state index in [4.69, 9.17) is 0 Å². The minimum atomic E-state index is -0.666. The predicted molar refractivity (Wildman–Crippen MR) is 67.6 cm³/mol. The maximum atomic E-state index is 9.56. The van der Waals surface area contributed by atoms with Gasteiger partial charge in [-0.05, 0) is 36.9 Å². The minimum Gasteiger partial charge on any atom is -0.389 e. The second-order valence-electron chi connectivity index (χ2n) is 4.56. The Bertz CT molecular complexity index is 473. The van der Waals surface area contributed by atoms with Crippen molar-refractivity contribution in [1.29, 1.82) is 0 Å². The molecule has 0 aliphatic rings. The lowest BCUT2D eigenvalue weighted by atomic mass is 10.1. The molecule has 0 fully saturated rings. The van der Waals surface area contributed by atoms with Crippen molar-refractivity contribution in [2.75, 3.05) is 6.54 Å². The smallest absolute Gasteiger partial charge is 0.0809 e. The summed E-state index contributed by atoms with van der Waals surface area (Å²) in [7, 11) is 0. The molecule has 2 rings (SSSR count). The van der Waals surface area contributed by atoms with Crippen LogP contribution in [0, 0.1) is 0 Å². The van der Waals surface area contributed by atoms with Crippen LogP contribution in [0.5, 0.6) is 0 Å². The van der Waals surface area contributed by atoms with Crippen LogP contribution in [0.15, 0.2) is 23.7 Å². The lowest BCUT2D eigenvalue weighted by Gasteiger charge is -2.17. The van der Waals surface area contributed by atoms with E-state index in [-0.39, 0.29) is 0 Å². The third-order valence-electron chi connectivity index (χ3n) is 2.25. The highest BCUT2D eigenvalue weighted by Gasteiger charge is 2.11. The summed E-state index contributed by atoms with van der Waals surface area (Å²) in [6, 6.07) is 4.17. The van der Waals surface area contributed by atoms with Crippen molar-refractivity contribution < 1.29 is 5.11 Å². The number of aliphatic hydroxyl groups is 1. The molecule has 16 heavy (non-hydrogen) atoms. The predicted octanol–water partition coefficient (Wildman–Crippen LogP) is 2.16. The third kappa shape index (κ3) is 3.01. The molecule has 0 aliphatic heterocycles. The van der Waals surface area contributed by atoms with Gasteiger partial charge in [-0.25, -0.2) is 0 Å². The lowest BCUT2D eigenvalue weighted by molar-refractivity contribution is 0.0795. The highest BCUT2D eigenvalue weighted by Crippen LogP contribution is 2.19. The van der Waals surface area contributed by atoms with Crippen LogP contribution in [0.3, 0.4) is 0 Å². The first-order valence-electron chi connectivity index (χ1n) is 5.30. The van der Waals surface area contributed by atoms with Crippen molar-refractivity contribution in [2.45, 2.75) is 26.0 Å². The molecule has 4 heteroatoms. The summed E-state index contributed by atoms with van der Waals surface area (Å²) in [5.41, 5.74) is 1.54. The fourth-order valence-electron chi connectivity index (χ4n) is 1.50. The summed E-state index contributed by atoms with van der Waals surface area (Å²) in [5, 5.41) is 14.8. The van der Waals surface area contributed by atoms with Gasteiger partial charge in [-0.1, -0.05) is 0 Å². The maximum absolute atomic E-state index is 9.56. The van der Waals surface area contributed by atoms with Crippen LogP contribution in [0.25, 0.3) is 10.2 Å². The number of fused-ring (bicyclic) bond motifs is 1. The topological polar surface area (TPSA) is 45.1 Å². The molecule has 0 amide bonds. The van der Waals surface area contributed by atoms with Gasteiger partial charge >= 0.3 is 0 Å². The van der Waals surface area contributed by atoms with E-state index in [1.54, 1.807) is 25.2 Å². The fourth-order valence-corrected chi connectivity index (χ4v) is 2.30. The van der Waals surface area contributed by atoms with Crippen LogP contribution in [0.1, 0.15) is 19.4 Å². The first kappa shape index (κ1) is 11.5. The van der Waals surface area contributed by atoms with E-state index in [2.05, 4.69) is 16.4 Å². The quantitative estimate of drug-likeness (QED) is 0.855. The molecule has 2 aromatic heterocycles. The molecule has 86 valence electrons. The summed E-state index contributed by atoms with van der Waals surface area (Å²) in [6.07, 6.45) is 1.88. The summed E-state index contributed by atoms with van der Waals surface area (Å²) in [4.78, 5) is 4.36. The highest BCUT2D eigenvalue weighted by atomic mass is 32.1. The van der Waals surface area contributed by atoms with Crippen molar-refractivity contribution in [3.63, 3.8) is 0 Å². The molecule has 0 aliphatic carbocycles. The Labute approximate surface area is 99.1 Å². The first-order chi connectivity index (χ1) is 7.54. The highest BCUT2D eigenvalue weighted by molar-refractivity contribution is 7.17. The second-order valence-corrected chi connectivity index (χ2v) is 5.51. The number of pyridine rings is 1. The van der Waals surface area contributed by atoms with Crippen LogP contribution < -0.4 is 5.32 Å². The molecule has 2 aromatic rings. The zero-order valence-electron chi connectivity index (χ0n) is 9.53. The maximum Gasteiger partial charge on any atom is 0.0809 e. The van der Waals surface area contributed by atoms with E-state index in [0.29, 0.717) is 6.54 Å². The number of nitrogens with one attached hydrogen (secondary N) is 1. The van der Waals surface area contributed by atoms with Gasteiger partial charge in [-0.3, -0.25) is 4.98 Å². The van der Waals surface area contributed by atoms with Gasteiger partial charge in [0.05, 0.1) is 15.8 Å². The Morgan fingerprint density at radius 1 is 1.50 bits per heavy atom. The molecule has 0 unspecified atom stereocenters. The molecule has 0 radical (unpaired) electrons. The molecule has 0 saturated heterocycles. The Hall–Kier alpha value is -0.970. The Morgan fingerprint density at radius 3 is 3.06 bits per heavy atom. The monoisotopic (exact) mass is 236 g/mol. The van der Waals surface area contributed by atoms with Gasteiger partial charge in [0.15, 0.2) is 0 Å². The van der Waals surface area contributed by atoms with Crippen molar-refractivity contribution in [3.05, 3.63) is 29.3 Å². The summed E-state index contributed by atoms with van der Waals surface area (Å²) < 4.78 is 1.21. The standard InChI is InChI=1S/C12H16N2OS/c1-12(2,15)8-13-6-9-5-11-10(14-7-9)3-4-16-11/h3-5,7,13,15H,6,8H2,1-2H3. The van der Waals surface area contributed by atoms with E-state index in [1.807, 2.05) is 17.6 Å². The summed E-state index contributed by atoms with van der Waals surface area (Å²) >= 11 is 1.70. The summed E-state index contributed by atoms with van der Waals surface area (Å²) in [6.45, 7) is 4.90. The molecular formula is C12H16N2OS. The lowest BCUT2D eigenvalue weighted by Crippen LogP contribution is -2.34. The Morgan fingerprint density at radius 2 is 2.31 bits per heavy atom.